The molecule has 0 saturated carbocycles. The molecule has 2 aromatic carbocycles. The van der Waals surface area contributed by atoms with E-state index >= 15 is 0 Å². The second-order valence-electron chi connectivity index (χ2n) is 7.44. The van der Waals surface area contributed by atoms with Gasteiger partial charge in [0.1, 0.15) is 6.61 Å². The number of hydrogen-bond acceptors (Lipinski definition) is 8. The predicted molar refractivity (Wildman–Crippen MR) is 113 cm³/mol. The molecule has 0 radical (unpaired) electrons. The number of rotatable bonds is 7. The Kier molecular flexibility index (Phi) is 6.36. The number of cyclic esters (lactones) is 1. The van der Waals surface area contributed by atoms with E-state index in [2.05, 4.69) is 0 Å². The Labute approximate surface area is 178 Å². The van der Waals surface area contributed by atoms with E-state index in [0.717, 1.165) is 5.69 Å². The number of nitrogens with zero attached hydrogens (tertiary/aromatic N) is 2. The first-order valence-electron chi connectivity index (χ1n) is 9.47. The van der Waals surface area contributed by atoms with Crippen LogP contribution in [0.15, 0.2) is 54.1 Å². The number of hydrogen-bond donors (Lipinski definition) is 1. The molecular weight excluding hydrogens is 404 g/mol. The third-order valence-electron chi connectivity index (χ3n) is 4.90. The molecule has 31 heavy (non-hydrogen) atoms. The summed E-state index contributed by atoms with van der Waals surface area (Å²) < 4.78 is 10.6. The minimum absolute atomic E-state index is 0.0339. The van der Waals surface area contributed by atoms with Crippen molar-refractivity contribution in [2.45, 2.75) is 12.0 Å². The molecule has 9 nitrogen and oxygen atoms in total. The monoisotopic (exact) mass is 426 g/mol. The number of aliphatic hydroxyl groups excluding tert-OH is 1. The highest BCUT2D eigenvalue weighted by molar-refractivity contribution is 5.96. The second-order valence-corrected chi connectivity index (χ2v) is 7.44. The molecule has 1 fully saturated rings. The lowest BCUT2D eigenvalue weighted by Crippen LogP contribution is -2.39. The fourth-order valence-corrected chi connectivity index (χ4v) is 3.11. The zero-order valence-electron chi connectivity index (χ0n) is 17.1. The average molecular weight is 426 g/mol. The van der Waals surface area contributed by atoms with E-state index in [1.807, 2.05) is 19.0 Å². The Balaban J connectivity index is 1.68. The van der Waals surface area contributed by atoms with E-state index in [-0.39, 0.29) is 24.3 Å². The average Bonchev–Trinajstić information content (AvgIpc) is 3.08. The lowest BCUT2D eigenvalue weighted by molar-refractivity contribution is -0.384. The largest absolute Gasteiger partial charge is 0.458 e. The molecule has 9 heteroatoms. The Hall–Kier alpha value is -3.72. The fourth-order valence-electron chi connectivity index (χ4n) is 3.11. The van der Waals surface area contributed by atoms with Crippen molar-refractivity contribution in [2.75, 3.05) is 32.2 Å². The Morgan fingerprint density at radius 2 is 1.87 bits per heavy atom. The van der Waals surface area contributed by atoms with Crippen molar-refractivity contribution in [1.82, 2.24) is 0 Å². The van der Waals surface area contributed by atoms with Crippen LogP contribution in [0.5, 0.6) is 0 Å². The van der Waals surface area contributed by atoms with Gasteiger partial charge in [-0.2, -0.15) is 0 Å². The number of carbonyl (C=O) groups excluding carboxylic acids is 2. The summed E-state index contributed by atoms with van der Waals surface area (Å²) in [6, 6.07) is 12.5. The fraction of sp³-hybridized carbons (Fsp3) is 0.273. The molecule has 1 unspecified atom stereocenters. The number of esters is 2. The number of nitro benzene ring substituents is 1. The van der Waals surface area contributed by atoms with E-state index in [0.29, 0.717) is 11.1 Å². The zero-order chi connectivity index (χ0) is 22.6. The van der Waals surface area contributed by atoms with Gasteiger partial charge in [0.2, 0.25) is 0 Å². The smallest absolute Gasteiger partial charge is 0.338 e. The van der Waals surface area contributed by atoms with Gasteiger partial charge < -0.3 is 19.5 Å². The highest BCUT2D eigenvalue weighted by Gasteiger charge is 2.44. The minimum atomic E-state index is -1.37. The van der Waals surface area contributed by atoms with Gasteiger partial charge in [0.15, 0.2) is 5.60 Å². The van der Waals surface area contributed by atoms with Crippen molar-refractivity contribution in [3.05, 3.63) is 75.3 Å². The normalized spacial score (nSPS) is 19.2. The van der Waals surface area contributed by atoms with Crippen molar-refractivity contribution in [3.63, 3.8) is 0 Å². The summed E-state index contributed by atoms with van der Waals surface area (Å²) in [5.74, 6) is -1.24. The van der Waals surface area contributed by atoms with Crippen molar-refractivity contribution >= 4 is 29.4 Å². The number of non-ortho nitro benzene ring substituents is 1. The van der Waals surface area contributed by atoms with E-state index in [9.17, 15) is 24.8 Å². The van der Waals surface area contributed by atoms with E-state index < -0.39 is 29.1 Å². The van der Waals surface area contributed by atoms with Crippen LogP contribution >= 0.6 is 0 Å². The van der Waals surface area contributed by atoms with Gasteiger partial charge in [-0.05, 0) is 48.0 Å². The highest BCUT2D eigenvalue weighted by atomic mass is 16.6. The SMILES string of the molecule is CN(C)c1ccc(C(=O)OCC2(CO)CC(=Cc3ccc([N+](=O)[O-])cc3)C(=O)O2)cc1. The molecule has 1 saturated heterocycles. The molecule has 0 bridgehead atoms. The molecule has 0 aliphatic carbocycles. The summed E-state index contributed by atoms with van der Waals surface area (Å²) in [5.41, 5.74) is 0.673. The lowest BCUT2D eigenvalue weighted by atomic mass is 9.98. The van der Waals surface area contributed by atoms with Crippen LogP contribution in [0.25, 0.3) is 6.08 Å². The molecule has 1 heterocycles. The van der Waals surface area contributed by atoms with Crippen LogP contribution in [0.3, 0.4) is 0 Å². The van der Waals surface area contributed by atoms with Gasteiger partial charge in [-0.15, -0.1) is 0 Å². The minimum Gasteiger partial charge on any atom is -0.458 e. The van der Waals surface area contributed by atoms with Crippen molar-refractivity contribution in [3.8, 4) is 0 Å². The standard InChI is InChI=1S/C22H22N2O7/c1-23(2)18-9-5-16(6-10-18)20(26)30-14-22(13-25)12-17(21(27)31-22)11-15-3-7-19(8-4-15)24(28)29/h3-11,25H,12-14H2,1-2H3. The summed E-state index contributed by atoms with van der Waals surface area (Å²) >= 11 is 0. The number of carbonyl (C=O) groups is 2. The number of benzene rings is 2. The Morgan fingerprint density at radius 3 is 2.42 bits per heavy atom. The van der Waals surface area contributed by atoms with Crippen LogP contribution < -0.4 is 4.90 Å². The van der Waals surface area contributed by atoms with Gasteiger partial charge in [-0.1, -0.05) is 0 Å². The van der Waals surface area contributed by atoms with Crippen LogP contribution in [0, 0.1) is 10.1 Å². The number of ether oxygens (including phenoxy) is 2. The first kappa shape index (κ1) is 22.0. The molecule has 0 aromatic heterocycles. The van der Waals surface area contributed by atoms with Gasteiger partial charge in [-0.3, -0.25) is 10.1 Å². The molecule has 1 aliphatic heterocycles. The maximum Gasteiger partial charge on any atom is 0.338 e. The molecule has 1 N–H and O–H groups in total. The van der Waals surface area contributed by atoms with Crippen molar-refractivity contribution in [2.24, 2.45) is 0 Å². The summed E-state index contributed by atoms with van der Waals surface area (Å²) in [6.45, 7) is -0.829. The predicted octanol–water partition coefficient (Wildman–Crippen LogP) is 2.58. The van der Waals surface area contributed by atoms with Crippen LogP contribution in [0.2, 0.25) is 0 Å². The first-order chi connectivity index (χ1) is 14.7. The first-order valence-corrected chi connectivity index (χ1v) is 9.47. The molecule has 0 spiro atoms. The molecule has 1 aliphatic rings. The van der Waals surface area contributed by atoms with E-state index in [1.54, 1.807) is 24.3 Å². The van der Waals surface area contributed by atoms with Crippen LogP contribution in [-0.2, 0) is 14.3 Å². The lowest BCUT2D eigenvalue weighted by Gasteiger charge is -2.24. The quantitative estimate of drug-likeness (QED) is 0.311. The molecule has 3 rings (SSSR count). The van der Waals surface area contributed by atoms with Gasteiger partial charge in [0.05, 0.1) is 17.1 Å². The van der Waals surface area contributed by atoms with Crippen LogP contribution in [0.4, 0.5) is 11.4 Å². The summed E-state index contributed by atoms with van der Waals surface area (Å²) in [7, 11) is 3.77. The second kappa shape index (κ2) is 8.97. The third kappa shape index (κ3) is 5.07. The maximum absolute atomic E-state index is 12.4. The Bertz CT molecular complexity index is 1010. The summed E-state index contributed by atoms with van der Waals surface area (Å²) in [4.78, 5) is 36.8. The highest BCUT2D eigenvalue weighted by Crippen LogP contribution is 2.32. The summed E-state index contributed by atoms with van der Waals surface area (Å²) in [6.07, 6.45) is 1.57. The molecule has 162 valence electrons. The Morgan fingerprint density at radius 1 is 1.23 bits per heavy atom. The zero-order valence-corrected chi connectivity index (χ0v) is 17.1. The topological polar surface area (TPSA) is 119 Å². The number of anilines is 1. The third-order valence-corrected chi connectivity index (χ3v) is 4.90. The maximum atomic E-state index is 12.4. The molecule has 2 aromatic rings. The molecule has 1 atom stereocenters. The number of aliphatic hydroxyl groups is 1. The van der Waals surface area contributed by atoms with E-state index in [4.69, 9.17) is 9.47 Å². The van der Waals surface area contributed by atoms with Gasteiger partial charge in [0, 0.05) is 43.9 Å². The summed E-state index contributed by atoms with van der Waals surface area (Å²) in [5, 5.41) is 20.6. The van der Waals surface area contributed by atoms with Crippen molar-refractivity contribution < 1.29 is 29.1 Å². The van der Waals surface area contributed by atoms with Gasteiger partial charge in [0.25, 0.3) is 5.69 Å². The van der Waals surface area contributed by atoms with Crippen LogP contribution in [0.1, 0.15) is 22.3 Å². The number of nitro groups is 1. The molecule has 0 amide bonds. The van der Waals surface area contributed by atoms with Crippen LogP contribution in [-0.4, -0.2) is 54.9 Å². The van der Waals surface area contributed by atoms with Gasteiger partial charge >= 0.3 is 11.9 Å². The van der Waals surface area contributed by atoms with Crippen molar-refractivity contribution in [1.29, 1.82) is 0 Å². The van der Waals surface area contributed by atoms with E-state index in [1.165, 1.54) is 30.3 Å². The molecular formula is C22H22N2O7. The van der Waals surface area contributed by atoms with Gasteiger partial charge in [-0.25, -0.2) is 9.59 Å².